The lowest BCUT2D eigenvalue weighted by molar-refractivity contribution is -0.140. The Morgan fingerprint density at radius 1 is 1.29 bits per heavy atom. The fourth-order valence-electron chi connectivity index (χ4n) is 0.628. The molecule has 14 heavy (non-hydrogen) atoms. The number of aliphatic carboxylic acids is 2. The summed E-state index contributed by atoms with van der Waals surface area (Å²) >= 11 is 0. The van der Waals surface area contributed by atoms with Crippen molar-refractivity contribution in [3.63, 3.8) is 0 Å². The quantitative estimate of drug-likeness (QED) is 0.372. The number of hydrogen-bond acceptors (Lipinski definition) is 4. The Labute approximate surface area is 79.1 Å². The third-order valence-corrected chi connectivity index (χ3v) is 1.12. The summed E-state index contributed by atoms with van der Waals surface area (Å²) in [5, 5.41) is 16.7. The maximum absolute atomic E-state index is 10.7. The van der Waals surface area contributed by atoms with Gasteiger partial charge in [-0.05, 0) is 0 Å². The molecule has 6 heteroatoms. The van der Waals surface area contributed by atoms with E-state index < -0.39 is 29.9 Å². The van der Waals surface area contributed by atoms with Gasteiger partial charge in [-0.3, -0.25) is 4.79 Å². The molecule has 0 rings (SSSR count). The predicted molar refractivity (Wildman–Crippen MR) is 44.3 cm³/mol. The average molecular weight is 200 g/mol. The minimum Gasteiger partial charge on any atom is -0.478 e. The van der Waals surface area contributed by atoms with Crippen LogP contribution < -0.4 is 0 Å². The van der Waals surface area contributed by atoms with Gasteiger partial charge >= 0.3 is 17.9 Å². The standard InChI is InChI=1S/C8H8O6/c1-2-14-7(11)4-5(8(12)13)3-6(9)10/h2-3H,1,4H2,(H,9,10)(H,12,13)/b5-3+. The van der Waals surface area contributed by atoms with E-state index in [-0.39, 0.29) is 0 Å². The van der Waals surface area contributed by atoms with Crippen LogP contribution in [0, 0.1) is 0 Å². The highest BCUT2D eigenvalue weighted by Crippen LogP contribution is 2.03. The second-order valence-electron chi connectivity index (χ2n) is 2.15. The number of carboxylic acids is 2. The summed E-state index contributed by atoms with van der Waals surface area (Å²) in [5.41, 5.74) is -0.552. The van der Waals surface area contributed by atoms with Gasteiger partial charge in [0, 0.05) is 6.08 Å². The Kier molecular flexibility index (Phi) is 4.69. The van der Waals surface area contributed by atoms with E-state index in [0.717, 1.165) is 6.26 Å². The van der Waals surface area contributed by atoms with Gasteiger partial charge in [0.25, 0.3) is 0 Å². The lowest BCUT2D eigenvalue weighted by Gasteiger charge is -1.99. The van der Waals surface area contributed by atoms with Crippen LogP contribution in [0.2, 0.25) is 0 Å². The summed E-state index contributed by atoms with van der Waals surface area (Å²) in [6, 6.07) is 0. The van der Waals surface area contributed by atoms with Crippen LogP contribution >= 0.6 is 0 Å². The van der Waals surface area contributed by atoms with E-state index in [4.69, 9.17) is 10.2 Å². The molecule has 0 amide bonds. The number of carbonyl (C=O) groups excluding carboxylic acids is 1. The molecule has 0 aromatic rings. The van der Waals surface area contributed by atoms with Crippen molar-refractivity contribution in [2.75, 3.05) is 0 Å². The molecule has 0 fully saturated rings. The smallest absolute Gasteiger partial charge is 0.332 e. The van der Waals surface area contributed by atoms with Crippen molar-refractivity contribution in [2.45, 2.75) is 6.42 Å². The highest BCUT2D eigenvalue weighted by molar-refractivity contribution is 5.98. The van der Waals surface area contributed by atoms with Gasteiger partial charge in [-0.15, -0.1) is 0 Å². The van der Waals surface area contributed by atoms with Crippen molar-refractivity contribution < 1.29 is 29.3 Å². The second-order valence-corrected chi connectivity index (χ2v) is 2.15. The summed E-state index contributed by atoms with van der Waals surface area (Å²) in [6.07, 6.45) is 0.656. The third kappa shape index (κ3) is 4.70. The van der Waals surface area contributed by atoms with E-state index in [9.17, 15) is 14.4 Å². The zero-order valence-corrected chi connectivity index (χ0v) is 7.10. The van der Waals surface area contributed by atoms with Crippen LogP contribution in [-0.4, -0.2) is 28.1 Å². The summed E-state index contributed by atoms with van der Waals surface area (Å²) in [4.78, 5) is 31.3. The number of ether oxygens (including phenoxy) is 1. The molecule has 0 saturated carbocycles. The first kappa shape index (κ1) is 11.9. The Bertz CT molecular complexity index is 301. The minimum absolute atomic E-state index is 0.437. The molecule has 0 unspecified atom stereocenters. The van der Waals surface area contributed by atoms with E-state index >= 15 is 0 Å². The van der Waals surface area contributed by atoms with Gasteiger partial charge < -0.3 is 14.9 Å². The van der Waals surface area contributed by atoms with E-state index in [1.54, 1.807) is 0 Å². The van der Waals surface area contributed by atoms with Gasteiger partial charge in [-0.25, -0.2) is 9.59 Å². The molecule has 0 spiro atoms. The molecule has 0 bridgehead atoms. The minimum atomic E-state index is -1.48. The molecular weight excluding hydrogens is 192 g/mol. The monoisotopic (exact) mass is 200 g/mol. The van der Waals surface area contributed by atoms with Gasteiger partial charge in [0.2, 0.25) is 0 Å². The Morgan fingerprint density at radius 3 is 2.21 bits per heavy atom. The molecular formula is C8H8O6. The number of carbonyl (C=O) groups is 3. The molecule has 0 aromatic heterocycles. The summed E-state index contributed by atoms with van der Waals surface area (Å²) in [6.45, 7) is 3.09. The molecule has 0 aromatic carbocycles. The zero-order chi connectivity index (χ0) is 11.1. The lowest BCUT2D eigenvalue weighted by atomic mass is 10.2. The number of carboxylic acid groups (broad SMARTS) is 2. The Balaban J connectivity index is 4.54. The second kappa shape index (κ2) is 5.52. The largest absolute Gasteiger partial charge is 0.478 e. The normalized spacial score (nSPS) is 10.4. The van der Waals surface area contributed by atoms with E-state index in [1.165, 1.54) is 0 Å². The maximum atomic E-state index is 10.7. The summed E-state index contributed by atoms with van der Waals surface area (Å²) < 4.78 is 4.23. The van der Waals surface area contributed by atoms with Gasteiger partial charge in [0.05, 0.1) is 18.3 Å². The number of hydrogen-bond donors (Lipinski definition) is 2. The molecule has 0 heterocycles. The van der Waals surface area contributed by atoms with Gasteiger partial charge in [-0.1, -0.05) is 6.58 Å². The van der Waals surface area contributed by atoms with E-state index in [0.29, 0.717) is 6.08 Å². The summed E-state index contributed by atoms with van der Waals surface area (Å²) in [7, 11) is 0. The molecule has 2 N–H and O–H groups in total. The molecule has 0 radical (unpaired) electrons. The Hall–Kier alpha value is -2.11. The first-order chi connectivity index (χ1) is 6.47. The molecule has 0 aliphatic carbocycles. The fourth-order valence-corrected chi connectivity index (χ4v) is 0.628. The molecule has 0 saturated heterocycles. The number of esters is 1. The zero-order valence-electron chi connectivity index (χ0n) is 7.10. The summed E-state index contributed by atoms with van der Waals surface area (Å²) in [5.74, 6) is -3.79. The van der Waals surface area contributed by atoms with Crippen LogP contribution in [0.3, 0.4) is 0 Å². The van der Waals surface area contributed by atoms with Crippen LogP contribution in [0.15, 0.2) is 24.5 Å². The van der Waals surface area contributed by atoms with Gasteiger partial charge in [-0.2, -0.15) is 0 Å². The molecule has 0 aliphatic heterocycles. The predicted octanol–water partition coefficient (Wildman–Crippen LogP) is 0.159. The van der Waals surface area contributed by atoms with Crippen LogP contribution in [0.25, 0.3) is 0 Å². The van der Waals surface area contributed by atoms with Gasteiger partial charge in [0.1, 0.15) is 0 Å². The molecule has 6 nitrogen and oxygen atoms in total. The highest BCUT2D eigenvalue weighted by atomic mass is 16.5. The van der Waals surface area contributed by atoms with Crippen molar-refractivity contribution in [2.24, 2.45) is 0 Å². The maximum Gasteiger partial charge on any atom is 0.332 e. The van der Waals surface area contributed by atoms with Crippen LogP contribution in [0.4, 0.5) is 0 Å². The SMILES string of the molecule is C=COC(=O)C/C(=C\C(=O)O)C(=O)O. The first-order valence-corrected chi connectivity index (χ1v) is 3.44. The van der Waals surface area contributed by atoms with Crippen molar-refractivity contribution >= 4 is 17.9 Å². The molecule has 0 aliphatic rings. The molecule has 0 atom stereocenters. The van der Waals surface area contributed by atoms with Crippen molar-refractivity contribution in [1.82, 2.24) is 0 Å². The third-order valence-electron chi connectivity index (χ3n) is 1.12. The van der Waals surface area contributed by atoms with Crippen LogP contribution in [-0.2, 0) is 19.1 Å². The lowest BCUT2D eigenvalue weighted by Crippen LogP contribution is -2.10. The van der Waals surface area contributed by atoms with Crippen LogP contribution in [0.1, 0.15) is 6.42 Å². The van der Waals surface area contributed by atoms with Gasteiger partial charge in [0.15, 0.2) is 0 Å². The number of rotatable bonds is 5. The highest BCUT2D eigenvalue weighted by Gasteiger charge is 2.14. The molecule has 76 valence electrons. The topological polar surface area (TPSA) is 101 Å². The average Bonchev–Trinajstić information content (AvgIpc) is 2.02. The van der Waals surface area contributed by atoms with Crippen molar-refractivity contribution in [3.8, 4) is 0 Å². The Morgan fingerprint density at radius 2 is 1.86 bits per heavy atom. The van der Waals surface area contributed by atoms with E-state index in [2.05, 4.69) is 11.3 Å². The van der Waals surface area contributed by atoms with E-state index in [1.807, 2.05) is 0 Å². The van der Waals surface area contributed by atoms with Crippen molar-refractivity contribution in [3.05, 3.63) is 24.5 Å². The van der Waals surface area contributed by atoms with Crippen LogP contribution in [0.5, 0.6) is 0 Å². The fraction of sp³-hybridized carbons (Fsp3) is 0.125. The first-order valence-electron chi connectivity index (χ1n) is 3.44. The van der Waals surface area contributed by atoms with Crippen molar-refractivity contribution in [1.29, 1.82) is 0 Å².